The van der Waals surface area contributed by atoms with Crippen LogP contribution in [0.1, 0.15) is 13.3 Å². The smallest absolute Gasteiger partial charge is 0.265 e. The third-order valence-electron chi connectivity index (χ3n) is 3.17. The third kappa shape index (κ3) is 4.78. The molecule has 2 rings (SSSR count). The second kappa shape index (κ2) is 8.09. The van der Waals surface area contributed by atoms with Crippen molar-refractivity contribution < 1.29 is 14.3 Å². The number of carbonyl (C=O) groups excluding carboxylic acids is 1. The van der Waals surface area contributed by atoms with Gasteiger partial charge in [-0.2, -0.15) is 0 Å². The average molecular weight is 354 g/mol. The number of rotatable bonds is 6. The minimum absolute atomic E-state index is 0.256. The van der Waals surface area contributed by atoms with Gasteiger partial charge in [0.2, 0.25) is 0 Å². The van der Waals surface area contributed by atoms with Gasteiger partial charge < -0.3 is 14.8 Å². The van der Waals surface area contributed by atoms with Gasteiger partial charge >= 0.3 is 0 Å². The molecule has 0 saturated heterocycles. The molecule has 122 valence electrons. The molecule has 0 bridgehead atoms. The molecule has 1 atom stereocenters. The van der Waals surface area contributed by atoms with Gasteiger partial charge in [-0.1, -0.05) is 36.2 Å². The van der Waals surface area contributed by atoms with Crippen molar-refractivity contribution in [1.82, 2.24) is 0 Å². The quantitative estimate of drug-likeness (QED) is 0.811. The molecular weight excluding hydrogens is 337 g/mol. The van der Waals surface area contributed by atoms with E-state index < -0.39 is 6.10 Å². The van der Waals surface area contributed by atoms with Crippen LogP contribution < -0.4 is 14.8 Å². The Morgan fingerprint density at radius 3 is 2.52 bits per heavy atom. The third-order valence-corrected chi connectivity index (χ3v) is 3.91. The Balaban J connectivity index is 2.07. The zero-order valence-corrected chi connectivity index (χ0v) is 14.3. The van der Waals surface area contributed by atoms with E-state index in [1.807, 2.05) is 13.0 Å². The van der Waals surface area contributed by atoms with Gasteiger partial charge in [0.1, 0.15) is 11.5 Å². The summed E-state index contributed by atoms with van der Waals surface area (Å²) in [6, 6.07) is 12.0. The molecule has 1 amide bonds. The summed E-state index contributed by atoms with van der Waals surface area (Å²) in [4.78, 5) is 12.4. The Morgan fingerprint density at radius 2 is 1.87 bits per heavy atom. The predicted molar refractivity (Wildman–Crippen MR) is 92.8 cm³/mol. The van der Waals surface area contributed by atoms with Gasteiger partial charge in [0.15, 0.2) is 6.10 Å². The minimum atomic E-state index is -0.628. The maximum atomic E-state index is 12.4. The van der Waals surface area contributed by atoms with Gasteiger partial charge in [-0.15, -0.1) is 0 Å². The summed E-state index contributed by atoms with van der Waals surface area (Å²) in [6.45, 7) is 1.87. The second-order valence-electron chi connectivity index (χ2n) is 4.81. The predicted octanol–water partition coefficient (Wildman–Crippen LogP) is 4.80. The van der Waals surface area contributed by atoms with Gasteiger partial charge in [-0.05, 0) is 36.8 Å². The number of halogens is 2. The molecule has 0 aliphatic carbocycles. The molecule has 1 unspecified atom stereocenters. The first-order valence-corrected chi connectivity index (χ1v) is 7.85. The fourth-order valence-electron chi connectivity index (χ4n) is 1.96. The lowest BCUT2D eigenvalue weighted by Gasteiger charge is -2.18. The van der Waals surface area contributed by atoms with E-state index in [2.05, 4.69) is 5.32 Å². The maximum Gasteiger partial charge on any atom is 0.265 e. The van der Waals surface area contributed by atoms with E-state index in [0.29, 0.717) is 33.7 Å². The molecule has 23 heavy (non-hydrogen) atoms. The van der Waals surface area contributed by atoms with E-state index in [9.17, 15) is 4.79 Å². The summed E-state index contributed by atoms with van der Waals surface area (Å²) in [5.41, 5.74) is 0.567. The van der Waals surface area contributed by atoms with Crippen molar-refractivity contribution in [2.75, 3.05) is 12.4 Å². The largest absolute Gasteiger partial charge is 0.497 e. The lowest BCUT2D eigenvalue weighted by molar-refractivity contribution is -0.122. The molecule has 0 aromatic heterocycles. The van der Waals surface area contributed by atoms with Crippen molar-refractivity contribution in [3.8, 4) is 11.5 Å². The Kier molecular flexibility index (Phi) is 6.13. The number of benzene rings is 2. The van der Waals surface area contributed by atoms with Gasteiger partial charge in [-0.25, -0.2) is 0 Å². The molecule has 1 N–H and O–H groups in total. The number of hydrogen-bond acceptors (Lipinski definition) is 3. The van der Waals surface area contributed by atoms with E-state index >= 15 is 0 Å². The molecule has 4 nitrogen and oxygen atoms in total. The lowest BCUT2D eigenvalue weighted by atomic mass is 10.2. The first-order chi connectivity index (χ1) is 11.0. The van der Waals surface area contributed by atoms with Crippen LogP contribution >= 0.6 is 23.2 Å². The Hall–Kier alpha value is -1.91. The van der Waals surface area contributed by atoms with E-state index in [4.69, 9.17) is 32.7 Å². The summed E-state index contributed by atoms with van der Waals surface area (Å²) in [5, 5.41) is 3.59. The highest BCUT2D eigenvalue weighted by Gasteiger charge is 2.19. The lowest BCUT2D eigenvalue weighted by Crippen LogP contribution is -2.32. The highest BCUT2D eigenvalue weighted by atomic mass is 35.5. The number of methoxy groups -OCH3 is 1. The Bertz CT molecular complexity index is 691. The Labute approximate surface area is 145 Å². The molecular formula is C17H17Cl2NO3. The molecule has 0 spiro atoms. The van der Waals surface area contributed by atoms with Gasteiger partial charge in [0, 0.05) is 11.8 Å². The van der Waals surface area contributed by atoms with Gasteiger partial charge in [0.05, 0.1) is 17.2 Å². The standard InChI is InChI=1S/C17H17Cl2NO3/c1-3-16(23-13-6-4-5-12(10-13)22-2)17(21)20-11-7-8-14(18)15(19)9-11/h4-10,16H,3H2,1-2H3,(H,20,21). The van der Waals surface area contributed by atoms with Crippen LogP contribution in [0.2, 0.25) is 10.0 Å². The second-order valence-corrected chi connectivity index (χ2v) is 5.63. The molecule has 2 aromatic carbocycles. The van der Waals surface area contributed by atoms with Crippen molar-refractivity contribution in [3.05, 3.63) is 52.5 Å². The first-order valence-electron chi connectivity index (χ1n) is 7.10. The summed E-state index contributed by atoms with van der Waals surface area (Å²) in [5.74, 6) is 0.983. The molecule has 0 fully saturated rings. The van der Waals surface area contributed by atoms with Crippen LogP contribution in [0.15, 0.2) is 42.5 Å². The zero-order chi connectivity index (χ0) is 16.8. The average Bonchev–Trinajstić information content (AvgIpc) is 2.56. The molecule has 0 saturated carbocycles. The van der Waals surface area contributed by atoms with Crippen molar-refractivity contribution in [3.63, 3.8) is 0 Å². The normalized spacial score (nSPS) is 11.7. The van der Waals surface area contributed by atoms with Crippen LogP contribution in [-0.4, -0.2) is 19.1 Å². The van der Waals surface area contributed by atoms with Crippen molar-refractivity contribution in [1.29, 1.82) is 0 Å². The number of amides is 1. The zero-order valence-electron chi connectivity index (χ0n) is 12.8. The number of ether oxygens (including phenoxy) is 2. The molecule has 0 aliphatic rings. The van der Waals surface area contributed by atoms with Crippen molar-refractivity contribution in [2.45, 2.75) is 19.4 Å². The van der Waals surface area contributed by atoms with Gasteiger partial charge in [-0.3, -0.25) is 4.79 Å². The van der Waals surface area contributed by atoms with E-state index in [-0.39, 0.29) is 5.91 Å². The molecule has 0 radical (unpaired) electrons. The van der Waals surface area contributed by atoms with E-state index in [0.717, 1.165) is 0 Å². The summed E-state index contributed by atoms with van der Waals surface area (Å²) in [7, 11) is 1.58. The molecule has 2 aromatic rings. The van der Waals surface area contributed by atoms with Crippen molar-refractivity contribution in [2.24, 2.45) is 0 Å². The minimum Gasteiger partial charge on any atom is -0.497 e. The summed E-state index contributed by atoms with van der Waals surface area (Å²) >= 11 is 11.8. The SMILES string of the molecule is CCC(Oc1cccc(OC)c1)C(=O)Nc1ccc(Cl)c(Cl)c1. The number of nitrogens with one attached hydrogen (secondary N) is 1. The monoisotopic (exact) mass is 353 g/mol. The fraction of sp³-hybridized carbons (Fsp3) is 0.235. The van der Waals surface area contributed by atoms with Crippen LogP contribution in [0.4, 0.5) is 5.69 Å². The van der Waals surface area contributed by atoms with Crippen LogP contribution in [0, 0.1) is 0 Å². The summed E-state index contributed by atoms with van der Waals surface area (Å²) in [6.07, 6.45) is -0.110. The van der Waals surface area contributed by atoms with Gasteiger partial charge in [0.25, 0.3) is 5.91 Å². The maximum absolute atomic E-state index is 12.4. The fourth-order valence-corrected chi connectivity index (χ4v) is 2.26. The van der Waals surface area contributed by atoms with Crippen LogP contribution in [0.3, 0.4) is 0 Å². The van der Waals surface area contributed by atoms with Crippen molar-refractivity contribution >= 4 is 34.8 Å². The van der Waals surface area contributed by atoms with Crippen LogP contribution in [0.5, 0.6) is 11.5 Å². The van der Waals surface area contributed by atoms with E-state index in [1.165, 1.54) is 0 Å². The highest BCUT2D eigenvalue weighted by Crippen LogP contribution is 2.25. The molecule has 0 aliphatic heterocycles. The number of anilines is 1. The Morgan fingerprint density at radius 1 is 1.13 bits per heavy atom. The van der Waals surface area contributed by atoms with E-state index in [1.54, 1.807) is 43.5 Å². The number of hydrogen-bond donors (Lipinski definition) is 1. The topological polar surface area (TPSA) is 47.6 Å². The van der Waals surface area contributed by atoms with Crippen LogP contribution in [0.25, 0.3) is 0 Å². The number of carbonyl (C=O) groups is 1. The highest BCUT2D eigenvalue weighted by molar-refractivity contribution is 6.42. The molecule has 6 heteroatoms. The van der Waals surface area contributed by atoms with Crippen LogP contribution in [-0.2, 0) is 4.79 Å². The summed E-state index contributed by atoms with van der Waals surface area (Å²) < 4.78 is 10.9. The molecule has 0 heterocycles. The first kappa shape index (κ1) is 17.4.